The topological polar surface area (TPSA) is 24.4 Å². The minimum Gasteiger partial charge on any atom is -0.369 e. The lowest BCUT2D eigenvalue weighted by molar-refractivity contribution is 0.443. The Kier molecular flexibility index (Phi) is 4.88. The quantitative estimate of drug-likeness (QED) is 0.683. The number of aliphatic imine (C=N–C) groups is 1. The molecule has 0 aliphatic carbocycles. The fourth-order valence-electron chi connectivity index (χ4n) is 2.55. The van der Waals surface area contributed by atoms with Gasteiger partial charge in [0.05, 0.1) is 19.7 Å². The van der Waals surface area contributed by atoms with E-state index in [4.69, 9.17) is 7.85 Å². The van der Waals surface area contributed by atoms with Crippen LogP contribution in [-0.4, -0.2) is 25.8 Å². The van der Waals surface area contributed by atoms with Crippen LogP contribution >= 0.6 is 0 Å². The highest BCUT2D eigenvalue weighted by Crippen LogP contribution is 2.33. The van der Waals surface area contributed by atoms with Gasteiger partial charge in [-0.15, -0.1) is 0 Å². The van der Waals surface area contributed by atoms with Crippen molar-refractivity contribution in [2.24, 2.45) is 4.99 Å². The molecule has 3 heteroatoms. The molecule has 0 aromatic rings. The first-order valence-electron chi connectivity index (χ1n) is 6.54. The van der Waals surface area contributed by atoms with Crippen molar-refractivity contribution in [3.05, 3.63) is 0 Å². The molecule has 0 bridgehead atoms. The van der Waals surface area contributed by atoms with E-state index in [1.54, 1.807) is 0 Å². The van der Waals surface area contributed by atoms with Crippen LogP contribution in [0.4, 0.5) is 0 Å². The first-order chi connectivity index (χ1) is 7.44. The summed E-state index contributed by atoms with van der Waals surface area (Å²) in [7, 11) is 6.22. The van der Waals surface area contributed by atoms with E-state index in [-0.39, 0.29) is 5.31 Å². The normalized spacial score (nSPS) is 28.4. The van der Waals surface area contributed by atoms with E-state index in [0.29, 0.717) is 12.1 Å². The van der Waals surface area contributed by atoms with Gasteiger partial charge in [-0.3, -0.25) is 4.99 Å². The Morgan fingerprint density at radius 2 is 2.12 bits per heavy atom. The van der Waals surface area contributed by atoms with Crippen LogP contribution < -0.4 is 5.32 Å². The number of nitrogens with zero attached hydrogens (tertiary/aromatic N) is 1. The zero-order valence-electron chi connectivity index (χ0n) is 11.2. The molecule has 0 amide bonds. The van der Waals surface area contributed by atoms with E-state index in [0.717, 1.165) is 25.1 Å². The first-order valence-corrected chi connectivity index (χ1v) is 6.54. The van der Waals surface area contributed by atoms with Crippen molar-refractivity contribution in [1.29, 1.82) is 0 Å². The van der Waals surface area contributed by atoms with Gasteiger partial charge in [0.1, 0.15) is 0 Å². The molecule has 2 radical (unpaired) electrons. The van der Waals surface area contributed by atoms with Crippen LogP contribution in [0.2, 0.25) is 5.31 Å². The minimum absolute atomic E-state index is 0.0166. The second-order valence-electron chi connectivity index (χ2n) is 5.51. The zero-order chi connectivity index (χ0) is 12.2. The Bertz CT molecular complexity index is 248. The molecule has 2 nitrogen and oxygen atoms in total. The van der Waals surface area contributed by atoms with E-state index >= 15 is 0 Å². The standard InChI is InChI=1S/C13H25BN2/c1-5-8-13(4,14)9-6-7-12-10(2)15-11(3)16-12/h10,12H,5-9H2,1-4H3,(H,15,16). The van der Waals surface area contributed by atoms with Gasteiger partial charge in [0, 0.05) is 6.04 Å². The Labute approximate surface area is 102 Å². The van der Waals surface area contributed by atoms with Crippen LogP contribution in [0.3, 0.4) is 0 Å². The van der Waals surface area contributed by atoms with Gasteiger partial charge in [0.2, 0.25) is 0 Å². The second-order valence-corrected chi connectivity index (χ2v) is 5.51. The lowest BCUT2D eigenvalue weighted by Crippen LogP contribution is -2.30. The molecule has 0 saturated carbocycles. The van der Waals surface area contributed by atoms with Crippen molar-refractivity contribution in [2.75, 3.05) is 0 Å². The van der Waals surface area contributed by atoms with Gasteiger partial charge in [-0.1, -0.05) is 44.8 Å². The highest BCUT2D eigenvalue weighted by Gasteiger charge is 2.23. The molecule has 1 N–H and O–H groups in total. The highest BCUT2D eigenvalue weighted by atomic mass is 15.1. The number of nitrogens with one attached hydrogen (secondary N) is 1. The van der Waals surface area contributed by atoms with E-state index in [2.05, 4.69) is 31.1 Å². The molecule has 0 saturated heterocycles. The van der Waals surface area contributed by atoms with Gasteiger partial charge in [0.25, 0.3) is 0 Å². The summed E-state index contributed by atoms with van der Waals surface area (Å²) in [6.45, 7) is 8.61. The summed E-state index contributed by atoms with van der Waals surface area (Å²) in [6.07, 6.45) is 5.74. The summed E-state index contributed by atoms with van der Waals surface area (Å²) in [5, 5.41) is 3.37. The number of rotatable bonds is 6. The summed E-state index contributed by atoms with van der Waals surface area (Å²) in [4.78, 5) is 4.60. The molecule has 0 aromatic carbocycles. The van der Waals surface area contributed by atoms with Crippen molar-refractivity contribution < 1.29 is 0 Å². The van der Waals surface area contributed by atoms with Gasteiger partial charge in [-0.2, -0.15) is 0 Å². The predicted molar refractivity (Wildman–Crippen MR) is 72.4 cm³/mol. The van der Waals surface area contributed by atoms with Crippen LogP contribution in [0.5, 0.6) is 0 Å². The van der Waals surface area contributed by atoms with Gasteiger partial charge in [-0.25, -0.2) is 0 Å². The van der Waals surface area contributed by atoms with E-state index in [1.807, 2.05) is 6.92 Å². The Morgan fingerprint density at radius 1 is 1.44 bits per heavy atom. The number of amidine groups is 1. The average molecular weight is 220 g/mol. The van der Waals surface area contributed by atoms with Crippen molar-refractivity contribution in [3.8, 4) is 0 Å². The maximum absolute atomic E-state index is 6.22. The van der Waals surface area contributed by atoms with Gasteiger partial charge in [-0.05, 0) is 20.3 Å². The molecule has 0 spiro atoms. The summed E-state index contributed by atoms with van der Waals surface area (Å²) < 4.78 is 0. The lowest BCUT2D eigenvalue weighted by Gasteiger charge is -2.25. The van der Waals surface area contributed by atoms with Crippen molar-refractivity contribution in [3.63, 3.8) is 0 Å². The van der Waals surface area contributed by atoms with Crippen molar-refractivity contribution in [1.82, 2.24) is 5.32 Å². The van der Waals surface area contributed by atoms with Gasteiger partial charge < -0.3 is 5.32 Å². The van der Waals surface area contributed by atoms with Crippen LogP contribution in [-0.2, 0) is 0 Å². The molecule has 3 atom stereocenters. The Balaban J connectivity index is 2.25. The largest absolute Gasteiger partial charge is 0.369 e. The molecule has 0 aromatic heterocycles. The van der Waals surface area contributed by atoms with E-state index in [9.17, 15) is 0 Å². The summed E-state index contributed by atoms with van der Waals surface area (Å²) in [5.74, 6) is 1.08. The number of hydrogen-bond donors (Lipinski definition) is 1. The lowest BCUT2D eigenvalue weighted by atomic mass is 9.64. The van der Waals surface area contributed by atoms with Crippen LogP contribution in [0, 0.1) is 0 Å². The fourth-order valence-corrected chi connectivity index (χ4v) is 2.55. The SMILES string of the molecule is [B]C(C)(CCC)CCCC1N=C(C)NC1C. The maximum Gasteiger partial charge on any atom is 0.0938 e. The predicted octanol–water partition coefficient (Wildman–Crippen LogP) is 3.08. The molecular weight excluding hydrogens is 195 g/mol. The molecule has 1 aliphatic rings. The second kappa shape index (κ2) is 5.74. The summed E-state index contributed by atoms with van der Waals surface area (Å²) in [6, 6.07) is 0.952. The average Bonchev–Trinajstić information content (AvgIpc) is 2.44. The van der Waals surface area contributed by atoms with Gasteiger partial charge >= 0.3 is 0 Å². The third-order valence-corrected chi connectivity index (χ3v) is 3.44. The molecular formula is C13H25BN2. The zero-order valence-corrected chi connectivity index (χ0v) is 11.2. The van der Waals surface area contributed by atoms with E-state index in [1.165, 1.54) is 12.8 Å². The smallest absolute Gasteiger partial charge is 0.0938 e. The highest BCUT2D eigenvalue weighted by molar-refractivity contribution is 6.14. The monoisotopic (exact) mass is 220 g/mol. The van der Waals surface area contributed by atoms with Crippen LogP contribution in [0.1, 0.15) is 59.8 Å². The molecule has 3 unspecified atom stereocenters. The Hall–Kier alpha value is -0.465. The van der Waals surface area contributed by atoms with E-state index < -0.39 is 0 Å². The third kappa shape index (κ3) is 4.19. The summed E-state index contributed by atoms with van der Waals surface area (Å²) >= 11 is 0. The van der Waals surface area contributed by atoms with Crippen LogP contribution in [0.15, 0.2) is 4.99 Å². The number of hydrogen-bond acceptors (Lipinski definition) is 2. The van der Waals surface area contributed by atoms with Crippen molar-refractivity contribution >= 4 is 13.7 Å². The molecule has 1 rings (SSSR count). The third-order valence-electron chi connectivity index (χ3n) is 3.44. The minimum atomic E-state index is 0.0166. The van der Waals surface area contributed by atoms with Crippen LogP contribution in [0.25, 0.3) is 0 Å². The molecule has 0 fully saturated rings. The molecule has 16 heavy (non-hydrogen) atoms. The summed E-state index contributed by atoms with van der Waals surface area (Å²) in [5.41, 5.74) is 0. The van der Waals surface area contributed by atoms with Crippen molar-refractivity contribution in [2.45, 2.75) is 77.2 Å². The first kappa shape index (κ1) is 13.6. The molecule has 1 heterocycles. The van der Waals surface area contributed by atoms with Gasteiger partial charge in [0.15, 0.2) is 0 Å². The molecule has 90 valence electrons. The maximum atomic E-state index is 6.22. The Morgan fingerprint density at radius 3 is 2.62 bits per heavy atom. The molecule has 1 aliphatic heterocycles. The fraction of sp³-hybridized carbons (Fsp3) is 0.923.